The number of rotatable bonds is 5. The summed E-state index contributed by atoms with van der Waals surface area (Å²) in [4.78, 5) is 20.2. The normalized spacial score (nSPS) is 10.3. The number of aliphatic carboxylic acids is 2. The number of hydrogen-bond acceptors (Lipinski definition) is 2. The van der Waals surface area contributed by atoms with Gasteiger partial charge < -0.3 is 10.2 Å². The van der Waals surface area contributed by atoms with Gasteiger partial charge in [-0.2, -0.15) is 0 Å². The first-order valence-electron chi connectivity index (χ1n) is 7.21. The minimum Gasteiger partial charge on any atom is -0.481 e. The van der Waals surface area contributed by atoms with E-state index in [0.29, 0.717) is 11.1 Å². The van der Waals surface area contributed by atoms with Crippen molar-refractivity contribution < 1.29 is 37.4 Å². The van der Waals surface area contributed by atoms with Crippen LogP contribution in [0.3, 0.4) is 0 Å². The highest BCUT2D eigenvalue weighted by atomic mass is 19.2. The SMILES string of the molecule is O=C(O)/C=C/c1ccc(F)c(F)c1.O=C(O)CCc1ccc(F)c(F)c1. The van der Waals surface area contributed by atoms with E-state index in [2.05, 4.69) is 0 Å². The molecular formula is C18H14F4O4. The average molecular weight is 370 g/mol. The Morgan fingerprint density at radius 2 is 1.42 bits per heavy atom. The highest BCUT2D eigenvalue weighted by molar-refractivity contribution is 5.85. The van der Waals surface area contributed by atoms with Gasteiger partial charge in [0.25, 0.3) is 0 Å². The lowest BCUT2D eigenvalue weighted by Crippen LogP contribution is -1.98. The first-order valence-corrected chi connectivity index (χ1v) is 7.21. The van der Waals surface area contributed by atoms with E-state index in [9.17, 15) is 27.2 Å². The fourth-order valence-electron chi connectivity index (χ4n) is 1.73. The summed E-state index contributed by atoms with van der Waals surface area (Å²) in [5.41, 5.74) is 0.794. The highest BCUT2D eigenvalue weighted by Gasteiger charge is 2.04. The maximum Gasteiger partial charge on any atom is 0.328 e. The van der Waals surface area contributed by atoms with Gasteiger partial charge in [0.2, 0.25) is 0 Å². The molecule has 26 heavy (non-hydrogen) atoms. The zero-order valence-corrected chi connectivity index (χ0v) is 13.3. The molecule has 0 spiro atoms. The van der Waals surface area contributed by atoms with E-state index in [1.165, 1.54) is 18.2 Å². The zero-order chi connectivity index (χ0) is 19.7. The van der Waals surface area contributed by atoms with Crippen molar-refractivity contribution >= 4 is 18.0 Å². The third kappa shape index (κ3) is 7.61. The number of carboxylic acids is 2. The summed E-state index contributed by atoms with van der Waals surface area (Å²) >= 11 is 0. The Morgan fingerprint density at radius 3 is 1.92 bits per heavy atom. The van der Waals surface area contributed by atoms with Crippen molar-refractivity contribution in [1.29, 1.82) is 0 Å². The quantitative estimate of drug-likeness (QED) is 0.615. The molecule has 0 fully saturated rings. The summed E-state index contributed by atoms with van der Waals surface area (Å²) < 4.78 is 49.9. The van der Waals surface area contributed by atoms with Gasteiger partial charge in [-0.15, -0.1) is 0 Å². The van der Waals surface area contributed by atoms with Crippen molar-refractivity contribution in [3.05, 3.63) is 76.9 Å². The standard InChI is InChI=1S/C9H8F2O2.C9H6F2O2/c2*10-7-3-1-6(5-8(7)11)2-4-9(12)13/h1,3,5H,2,4H2,(H,12,13);1-5H,(H,12,13)/b;4-2+. The van der Waals surface area contributed by atoms with Crippen LogP contribution in [-0.4, -0.2) is 22.2 Å². The number of carboxylic acid groups (broad SMARTS) is 2. The van der Waals surface area contributed by atoms with E-state index >= 15 is 0 Å². The van der Waals surface area contributed by atoms with Crippen LogP contribution in [0.15, 0.2) is 42.5 Å². The molecule has 2 N–H and O–H groups in total. The highest BCUT2D eigenvalue weighted by Crippen LogP contribution is 2.10. The molecule has 2 aromatic carbocycles. The molecule has 2 rings (SSSR count). The lowest BCUT2D eigenvalue weighted by Gasteiger charge is -1.98. The van der Waals surface area contributed by atoms with E-state index in [-0.39, 0.29) is 12.8 Å². The maximum atomic E-state index is 12.6. The van der Waals surface area contributed by atoms with Crippen molar-refractivity contribution in [2.24, 2.45) is 0 Å². The first-order chi connectivity index (χ1) is 12.2. The lowest BCUT2D eigenvalue weighted by atomic mass is 10.1. The van der Waals surface area contributed by atoms with Gasteiger partial charge in [0, 0.05) is 12.5 Å². The van der Waals surface area contributed by atoms with Crippen LogP contribution in [0, 0.1) is 23.3 Å². The molecule has 0 radical (unpaired) electrons. The second-order valence-corrected chi connectivity index (χ2v) is 4.99. The minimum atomic E-state index is -1.13. The van der Waals surface area contributed by atoms with Crippen LogP contribution in [0.2, 0.25) is 0 Å². The van der Waals surface area contributed by atoms with E-state index < -0.39 is 35.2 Å². The fourth-order valence-corrected chi connectivity index (χ4v) is 1.73. The Balaban J connectivity index is 0.000000260. The molecule has 0 atom stereocenters. The topological polar surface area (TPSA) is 74.6 Å². The van der Waals surface area contributed by atoms with Crippen LogP contribution in [0.5, 0.6) is 0 Å². The molecule has 0 heterocycles. The molecule has 2 aromatic rings. The summed E-state index contributed by atoms with van der Waals surface area (Å²) in [5.74, 6) is -5.89. The number of benzene rings is 2. The van der Waals surface area contributed by atoms with Gasteiger partial charge in [0.05, 0.1) is 0 Å². The van der Waals surface area contributed by atoms with E-state index in [1.54, 1.807) is 0 Å². The van der Waals surface area contributed by atoms with Crippen molar-refractivity contribution in [2.75, 3.05) is 0 Å². The molecule has 0 aliphatic carbocycles. The predicted octanol–water partition coefficient (Wildman–Crippen LogP) is 4.04. The summed E-state index contributed by atoms with van der Waals surface area (Å²) in [6, 6.07) is 6.54. The average Bonchev–Trinajstić information content (AvgIpc) is 2.57. The minimum absolute atomic E-state index is 0.0783. The summed E-state index contributed by atoms with van der Waals surface area (Å²) in [6.07, 6.45) is 2.18. The van der Waals surface area contributed by atoms with Crippen molar-refractivity contribution in [3.63, 3.8) is 0 Å². The Morgan fingerprint density at radius 1 is 0.846 bits per heavy atom. The molecule has 0 bridgehead atoms. The van der Waals surface area contributed by atoms with Gasteiger partial charge in [-0.1, -0.05) is 12.1 Å². The van der Waals surface area contributed by atoms with Gasteiger partial charge >= 0.3 is 11.9 Å². The number of halogens is 4. The molecule has 0 saturated carbocycles. The summed E-state index contributed by atoms with van der Waals surface area (Å²) in [6.45, 7) is 0. The maximum absolute atomic E-state index is 12.6. The monoisotopic (exact) mass is 370 g/mol. The Hall–Kier alpha value is -3.16. The second-order valence-electron chi connectivity index (χ2n) is 4.99. The number of hydrogen-bond donors (Lipinski definition) is 2. The van der Waals surface area contributed by atoms with E-state index in [4.69, 9.17) is 10.2 Å². The molecule has 0 aliphatic heterocycles. The fraction of sp³-hybridized carbons (Fsp3) is 0.111. The van der Waals surface area contributed by atoms with Crippen molar-refractivity contribution in [3.8, 4) is 0 Å². The number of carbonyl (C=O) groups is 2. The van der Waals surface area contributed by atoms with Crippen LogP contribution in [0.4, 0.5) is 17.6 Å². The van der Waals surface area contributed by atoms with Gasteiger partial charge in [0.1, 0.15) is 0 Å². The van der Waals surface area contributed by atoms with E-state index in [0.717, 1.165) is 30.3 Å². The smallest absolute Gasteiger partial charge is 0.328 e. The van der Waals surface area contributed by atoms with Crippen LogP contribution in [-0.2, 0) is 16.0 Å². The largest absolute Gasteiger partial charge is 0.481 e. The lowest BCUT2D eigenvalue weighted by molar-refractivity contribution is -0.137. The van der Waals surface area contributed by atoms with Crippen LogP contribution >= 0.6 is 0 Å². The van der Waals surface area contributed by atoms with Crippen molar-refractivity contribution in [2.45, 2.75) is 12.8 Å². The second kappa shape index (κ2) is 9.97. The van der Waals surface area contributed by atoms with Gasteiger partial charge in [-0.05, 0) is 47.9 Å². The molecule has 138 valence electrons. The first kappa shape index (κ1) is 20.9. The molecule has 0 unspecified atom stereocenters. The van der Waals surface area contributed by atoms with Gasteiger partial charge in [-0.25, -0.2) is 22.4 Å². The van der Waals surface area contributed by atoms with Gasteiger partial charge in [-0.3, -0.25) is 4.79 Å². The Labute approximate surface area is 146 Å². The Kier molecular flexibility index (Phi) is 8.01. The molecule has 0 aromatic heterocycles. The third-order valence-electron chi connectivity index (χ3n) is 2.97. The number of aryl methyl sites for hydroxylation is 1. The summed E-state index contributed by atoms with van der Waals surface area (Å²) in [5, 5.41) is 16.6. The molecule has 8 heteroatoms. The van der Waals surface area contributed by atoms with Crippen LogP contribution in [0.25, 0.3) is 6.08 Å². The van der Waals surface area contributed by atoms with Crippen molar-refractivity contribution in [1.82, 2.24) is 0 Å². The predicted molar refractivity (Wildman–Crippen MR) is 85.3 cm³/mol. The van der Waals surface area contributed by atoms with Gasteiger partial charge in [0.15, 0.2) is 23.3 Å². The summed E-state index contributed by atoms with van der Waals surface area (Å²) in [7, 11) is 0. The molecule has 0 amide bonds. The molecule has 0 aliphatic rings. The zero-order valence-electron chi connectivity index (χ0n) is 13.3. The van der Waals surface area contributed by atoms with Crippen LogP contribution in [0.1, 0.15) is 17.5 Å². The third-order valence-corrected chi connectivity index (χ3v) is 2.97. The Bertz CT molecular complexity index is 819. The van der Waals surface area contributed by atoms with E-state index in [1.807, 2.05) is 0 Å². The molecule has 4 nitrogen and oxygen atoms in total. The molecule has 0 saturated heterocycles. The molecular weight excluding hydrogens is 356 g/mol. The van der Waals surface area contributed by atoms with Crippen LogP contribution < -0.4 is 0 Å².